The topological polar surface area (TPSA) is 23.5 Å². The van der Waals surface area contributed by atoms with Gasteiger partial charge in [0, 0.05) is 12.6 Å². The van der Waals surface area contributed by atoms with Gasteiger partial charge in [-0.25, -0.2) is 0 Å². The Balaban J connectivity index is 3.37. The predicted octanol–water partition coefficient (Wildman–Crippen LogP) is 3.78. The van der Waals surface area contributed by atoms with Crippen molar-refractivity contribution in [3.8, 4) is 0 Å². The van der Waals surface area contributed by atoms with E-state index in [0.29, 0.717) is 0 Å². The summed E-state index contributed by atoms with van der Waals surface area (Å²) in [5, 5.41) is 9.58. The van der Waals surface area contributed by atoms with Crippen molar-refractivity contribution in [1.29, 1.82) is 0 Å². The van der Waals surface area contributed by atoms with Gasteiger partial charge in [-0.15, -0.1) is 0 Å². The van der Waals surface area contributed by atoms with E-state index in [-0.39, 0.29) is 24.0 Å². The van der Waals surface area contributed by atoms with E-state index in [2.05, 4.69) is 71.8 Å². The lowest BCUT2D eigenvalue weighted by Crippen LogP contribution is -2.29. The molecule has 0 bridgehead atoms. The first-order valence-corrected chi connectivity index (χ1v) is 7.63. The summed E-state index contributed by atoms with van der Waals surface area (Å²) in [4.78, 5) is 2.22. The molecule has 0 aliphatic rings. The van der Waals surface area contributed by atoms with Crippen LogP contribution in [-0.4, -0.2) is 30.7 Å². The lowest BCUT2D eigenvalue weighted by molar-refractivity contribution is 0.145. The molecule has 114 valence electrons. The van der Waals surface area contributed by atoms with Gasteiger partial charge in [0.15, 0.2) is 0 Å². The van der Waals surface area contributed by atoms with Crippen molar-refractivity contribution in [2.45, 2.75) is 52.5 Å². The number of aliphatic hydroxyl groups is 1. The Kier molecular flexibility index (Phi) is 5.79. The van der Waals surface area contributed by atoms with Gasteiger partial charge in [-0.05, 0) is 48.5 Å². The van der Waals surface area contributed by atoms with Crippen molar-refractivity contribution in [3.05, 3.63) is 34.9 Å². The lowest BCUT2D eigenvalue weighted by Gasteiger charge is -2.32. The fraction of sp³-hybridized carbons (Fsp3) is 0.667. The highest BCUT2D eigenvalue weighted by Gasteiger charge is 2.25. The second-order valence-corrected chi connectivity index (χ2v) is 7.09. The number of nitrogens with zero attached hydrogens (tertiary/aromatic N) is 1. The molecule has 0 radical (unpaired) electrons. The van der Waals surface area contributed by atoms with E-state index in [4.69, 9.17) is 0 Å². The highest BCUT2D eigenvalue weighted by molar-refractivity contribution is 5.37. The number of rotatable bonds is 5. The summed E-state index contributed by atoms with van der Waals surface area (Å²) in [5.41, 5.74) is 4.27. The van der Waals surface area contributed by atoms with Crippen molar-refractivity contribution in [1.82, 2.24) is 4.90 Å². The molecular formula is C18H31NO. The van der Waals surface area contributed by atoms with E-state index in [1.807, 2.05) is 0 Å². The van der Waals surface area contributed by atoms with Crippen molar-refractivity contribution >= 4 is 0 Å². The minimum atomic E-state index is 0.153. The standard InChI is InChI=1S/C18H31NO/c1-8-14-9-10-15(18(3,4)5)11-16(14)17(19(6)7)13(2)12-20/h9-11,13,17,20H,8,12H2,1-7H3. The van der Waals surface area contributed by atoms with E-state index in [9.17, 15) is 5.11 Å². The SMILES string of the molecule is CCc1ccc(C(C)(C)C)cc1C(C(C)CO)N(C)C. The van der Waals surface area contributed by atoms with Crippen LogP contribution in [0.3, 0.4) is 0 Å². The van der Waals surface area contributed by atoms with E-state index in [1.165, 1.54) is 16.7 Å². The smallest absolute Gasteiger partial charge is 0.0474 e. The molecule has 0 heterocycles. The number of benzene rings is 1. The molecule has 20 heavy (non-hydrogen) atoms. The van der Waals surface area contributed by atoms with Crippen LogP contribution in [0.25, 0.3) is 0 Å². The Morgan fingerprint density at radius 3 is 2.20 bits per heavy atom. The van der Waals surface area contributed by atoms with Gasteiger partial charge in [0.2, 0.25) is 0 Å². The zero-order chi connectivity index (χ0) is 15.5. The van der Waals surface area contributed by atoms with Gasteiger partial charge < -0.3 is 10.0 Å². The lowest BCUT2D eigenvalue weighted by atomic mass is 9.81. The maximum atomic E-state index is 9.58. The number of aryl methyl sites for hydroxylation is 1. The highest BCUT2D eigenvalue weighted by Crippen LogP contribution is 2.33. The quantitative estimate of drug-likeness (QED) is 0.885. The molecule has 2 nitrogen and oxygen atoms in total. The first-order chi connectivity index (χ1) is 9.22. The number of hydrogen-bond acceptors (Lipinski definition) is 2. The zero-order valence-electron chi connectivity index (χ0n) is 14.2. The van der Waals surface area contributed by atoms with E-state index in [0.717, 1.165) is 6.42 Å². The maximum Gasteiger partial charge on any atom is 0.0474 e. The summed E-state index contributed by atoms with van der Waals surface area (Å²) in [7, 11) is 4.19. The van der Waals surface area contributed by atoms with Crippen molar-refractivity contribution in [3.63, 3.8) is 0 Å². The summed E-state index contributed by atoms with van der Waals surface area (Å²) in [6, 6.07) is 7.11. The Bertz CT molecular complexity index is 432. The molecule has 1 N–H and O–H groups in total. The van der Waals surface area contributed by atoms with Gasteiger partial charge in [0.25, 0.3) is 0 Å². The zero-order valence-corrected chi connectivity index (χ0v) is 14.2. The van der Waals surface area contributed by atoms with Crippen LogP contribution in [0.2, 0.25) is 0 Å². The summed E-state index contributed by atoms with van der Waals surface area (Å²) in [5.74, 6) is 0.227. The van der Waals surface area contributed by atoms with E-state index < -0.39 is 0 Å². The van der Waals surface area contributed by atoms with E-state index in [1.54, 1.807) is 0 Å². The molecule has 1 rings (SSSR count). The van der Waals surface area contributed by atoms with Crippen LogP contribution in [0.4, 0.5) is 0 Å². The van der Waals surface area contributed by atoms with Gasteiger partial charge in [0.1, 0.15) is 0 Å². The van der Waals surface area contributed by atoms with Gasteiger partial charge >= 0.3 is 0 Å². The molecular weight excluding hydrogens is 246 g/mol. The van der Waals surface area contributed by atoms with Crippen LogP contribution in [0.5, 0.6) is 0 Å². The second-order valence-electron chi connectivity index (χ2n) is 7.09. The molecule has 0 saturated carbocycles. The number of hydrogen-bond donors (Lipinski definition) is 1. The minimum absolute atomic E-state index is 0.153. The molecule has 1 aromatic carbocycles. The first-order valence-electron chi connectivity index (χ1n) is 7.63. The Morgan fingerprint density at radius 2 is 1.80 bits per heavy atom. The number of aliphatic hydroxyl groups excluding tert-OH is 1. The molecule has 1 aromatic rings. The fourth-order valence-electron chi connectivity index (χ4n) is 2.85. The third-order valence-corrected chi connectivity index (χ3v) is 4.09. The second kappa shape index (κ2) is 6.73. The molecule has 2 atom stereocenters. The Morgan fingerprint density at radius 1 is 1.20 bits per heavy atom. The van der Waals surface area contributed by atoms with Gasteiger partial charge in [-0.1, -0.05) is 52.8 Å². The van der Waals surface area contributed by atoms with Gasteiger partial charge in [-0.2, -0.15) is 0 Å². The monoisotopic (exact) mass is 277 g/mol. The van der Waals surface area contributed by atoms with Crippen molar-refractivity contribution in [2.75, 3.05) is 20.7 Å². The molecule has 2 unspecified atom stereocenters. The van der Waals surface area contributed by atoms with Crippen LogP contribution in [-0.2, 0) is 11.8 Å². The molecule has 0 saturated heterocycles. The van der Waals surface area contributed by atoms with Gasteiger partial charge in [0.05, 0.1) is 0 Å². The molecule has 0 aliphatic carbocycles. The van der Waals surface area contributed by atoms with Crippen LogP contribution in [0, 0.1) is 5.92 Å². The minimum Gasteiger partial charge on any atom is -0.396 e. The highest BCUT2D eigenvalue weighted by atomic mass is 16.3. The molecule has 0 fully saturated rings. The summed E-state index contributed by atoms with van der Waals surface area (Å²) >= 11 is 0. The van der Waals surface area contributed by atoms with Crippen molar-refractivity contribution < 1.29 is 5.11 Å². The summed E-state index contributed by atoms with van der Waals surface area (Å²) < 4.78 is 0. The third kappa shape index (κ3) is 3.83. The average Bonchev–Trinajstić information content (AvgIpc) is 2.37. The van der Waals surface area contributed by atoms with Crippen molar-refractivity contribution in [2.24, 2.45) is 5.92 Å². The summed E-state index contributed by atoms with van der Waals surface area (Å²) in [6.07, 6.45) is 1.03. The summed E-state index contributed by atoms with van der Waals surface area (Å²) in [6.45, 7) is 11.3. The van der Waals surface area contributed by atoms with Crippen LogP contribution in [0.15, 0.2) is 18.2 Å². The molecule has 0 aromatic heterocycles. The normalized spacial score (nSPS) is 15.4. The van der Waals surface area contributed by atoms with Crippen LogP contribution >= 0.6 is 0 Å². The fourth-order valence-corrected chi connectivity index (χ4v) is 2.85. The third-order valence-electron chi connectivity index (χ3n) is 4.09. The molecule has 0 aliphatic heterocycles. The Labute approximate surface area is 124 Å². The van der Waals surface area contributed by atoms with Crippen LogP contribution in [0.1, 0.15) is 57.4 Å². The average molecular weight is 277 g/mol. The maximum absolute atomic E-state index is 9.58. The first kappa shape index (κ1) is 17.2. The Hall–Kier alpha value is -0.860. The van der Waals surface area contributed by atoms with Crippen LogP contribution < -0.4 is 0 Å². The van der Waals surface area contributed by atoms with Gasteiger partial charge in [-0.3, -0.25) is 0 Å². The molecule has 0 spiro atoms. The molecule has 2 heteroatoms. The largest absolute Gasteiger partial charge is 0.396 e. The van der Waals surface area contributed by atoms with E-state index >= 15 is 0 Å². The predicted molar refractivity (Wildman–Crippen MR) is 87.2 cm³/mol. The molecule has 0 amide bonds.